The molecule has 1 aliphatic heterocycles. The van der Waals surface area contributed by atoms with Crippen molar-refractivity contribution in [3.05, 3.63) is 18.0 Å². The fraction of sp³-hybridized carbons (Fsp3) is 0.800. The minimum Gasteiger partial charge on any atom is -0.296 e. The molecule has 1 aromatic rings. The van der Waals surface area contributed by atoms with Crippen molar-refractivity contribution in [2.45, 2.75) is 64.6 Å². The van der Waals surface area contributed by atoms with E-state index in [0.717, 1.165) is 19.4 Å². The number of nitrogens with one attached hydrogen (secondary N) is 1. The minimum atomic E-state index is 0.111. The lowest BCUT2D eigenvalue weighted by Gasteiger charge is -2.44. The van der Waals surface area contributed by atoms with Crippen LogP contribution in [0.3, 0.4) is 0 Å². The van der Waals surface area contributed by atoms with Crippen molar-refractivity contribution < 1.29 is 0 Å². The number of hydrazine groups is 1. The second kappa shape index (κ2) is 6.70. The van der Waals surface area contributed by atoms with Crippen molar-refractivity contribution >= 4 is 0 Å². The molecule has 1 saturated heterocycles. The molecule has 2 unspecified atom stereocenters. The van der Waals surface area contributed by atoms with Gasteiger partial charge in [0.1, 0.15) is 0 Å². The Morgan fingerprint density at radius 1 is 1.40 bits per heavy atom. The number of hydrogen-bond donors (Lipinski definition) is 2. The van der Waals surface area contributed by atoms with Crippen LogP contribution in [-0.4, -0.2) is 39.4 Å². The van der Waals surface area contributed by atoms with E-state index in [2.05, 4.69) is 42.4 Å². The molecule has 0 radical (unpaired) electrons. The average Bonchev–Trinajstić information content (AvgIpc) is 3.15. The highest BCUT2D eigenvalue weighted by Crippen LogP contribution is 2.29. The number of likely N-dealkylation sites (tertiary alicyclic amines) is 1. The Labute approximate surface area is 122 Å². The molecule has 1 aliphatic rings. The summed E-state index contributed by atoms with van der Waals surface area (Å²) in [6.07, 6.45) is 8.74. The van der Waals surface area contributed by atoms with Crippen LogP contribution in [0.25, 0.3) is 0 Å². The van der Waals surface area contributed by atoms with Crippen LogP contribution in [0.2, 0.25) is 0 Å². The maximum absolute atomic E-state index is 5.89. The molecule has 0 amide bonds. The van der Waals surface area contributed by atoms with E-state index in [1.807, 2.05) is 10.9 Å². The van der Waals surface area contributed by atoms with Crippen LogP contribution in [0.1, 0.15) is 45.6 Å². The standard InChI is InChI=1S/C15H29N5/c1-4-15(3,19-8-6-7-9-19)14(18-16)10-13-11-17-20(5-2)12-13/h11-12,14,18H,4-10,16H2,1-3H3. The van der Waals surface area contributed by atoms with Crippen molar-refractivity contribution in [3.8, 4) is 0 Å². The van der Waals surface area contributed by atoms with E-state index < -0.39 is 0 Å². The quantitative estimate of drug-likeness (QED) is 0.587. The first kappa shape index (κ1) is 15.5. The zero-order valence-corrected chi connectivity index (χ0v) is 13.1. The first-order chi connectivity index (χ1) is 9.63. The first-order valence-electron chi connectivity index (χ1n) is 7.86. The molecule has 0 aliphatic carbocycles. The molecule has 2 heterocycles. The lowest BCUT2D eigenvalue weighted by molar-refractivity contribution is 0.0841. The minimum absolute atomic E-state index is 0.111. The van der Waals surface area contributed by atoms with E-state index in [-0.39, 0.29) is 11.6 Å². The Morgan fingerprint density at radius 2 is 2.10 bits per heavy atom. The Morgan fingerprint density at radius 3 is 2.60 bits per heavy atom. The van der Waals surface area contributed by atoms with Crippen molar-refractivity contribution in [2.75, 3.05) is 13.1 Å². The molecule has 5 nitrogen and oxygen atoms in total. The summed E-state index contributed by atoms with van der Waals surface area (Å²) in [7, 11) is 0. The topological polar surface area (TPSA) is 59.1 Å². The summed E-state index contributed by atoms with van der Waals surface area (Å²) >= 11 is 0. The Bertz CT molecular complexity index is 410. The van der Waals surface area contributed by atoms with Crippen LogP contribution in [0.15, 0.2) is 12.4 Å². The molecule has 1 fully saturated rings. The van der Waals surface area contributed by atoms with Crippen molar-refractivity contribution in [3.63, 3.8) is 0 Å². The van der Waals surface area contributed by atoms with Gasteiger partial charge in [-0.15, -0.1) is 0 Å². The number of nitrogens with zero attached hydrogens (tertiary/aromatic N) is 3. The highest BCUT2D eigenvalue weighted by molar-refractivity contribution is 5.10. The van der Waals surface area contributed by atoms with Gasteiger partial charge in [0.15, 0.2) is 0 Å². The second-order valence-corrected chi connectivity index (χ2v) is 6.03. The Kier molecular flexibility index (Phi) is 5.18. The van der Waals surface area contributed by atoms with Crippen molar-refractivity contribution in [2.24, 2.45) is 5.84 Å². The van der Waals surface area contributed by atoms with Gasteiger partial charge in [0, 0.05) is 24.3 Å². The van der Waals surface area contributed by atoms with E-state index in [1.165, 1.54) is 31.5 Å². The van der Waals surface area contributed by atoms with E-state index in [4.69, 9.17) is 5.84 Å². The van der Waals surface area contributed by atoms with Gasteiger partial charge in [0.05, 0.1) is 6.20 Å². The lowest BCUT2D eigenvalue weighted by Crippen LogP contribution is -2.61. The summed E-state index contributed by atoms with van der Waals surface area (Å²) in [5.74, 6) is 5.89. The monoisotopic (exact) mass is 279 g/mol. The Balaban J connectivity index is 2.11. The molecule has 2 rings (SSSR count). The van der Waals surface area contributed by atoms with Gasteiger partial charge in [-0.1, -0.05) is 6.92 Å². The van der Waals surface area contributed by atoms with Crippen LogP contribution < -0.4 is 11.3 Å². The van der Waals surface area contributed by atoms with Gasteiger partial charge < -0.3 is 0 Å². The lowest BCUT2D eigenvalue weighted by atomic mass is 9.84. The molecule has 2 atom stereocenters. The zero-order chi connectivity index (χ0) is 14.6. The first-order valence-corrected chi connectivity index (χ1v) is 7.86. The maximum Gasteiger partial charge on any atom is 0.0522 e. The zero-order valence-electron chi connectivity index (χ0n) is 13.1. The van der Waals surface area contributed by atoms with Crippen molar-refractivity contribution in [1.29, 1.82) is 0 Å². The molecule has 5 heteroatoms. The predicted octanol–water partition coefficient (Wildman–Crippen LogP) is 1.54. The molecule has 3 N–H and O–H groups in total. The van der Waals surface area contributed by atoms with Crippen LogP contribution in [0.5, 0.6) is 0 Å². The molecular formula is C15H29N5. The number of rotatable bonds is 7. The summed E-state index contributed by atoms with van der Waals surface area (Å²) in [5.41, 5.74) is 4.44. The summed E-state index contributed by atoms with van der Waals surface area (Å²) in [6, 6.07) is 0.250. The summed E-state index contributed by atoms with van der Waals surface area (Å²) < 4.78 is 1.97. The second-order valence-electron chi connectivity index (χ2n) is 6.03. The molecule has 114 valence electrons. The molecule has 0 saturated carbocycles. The fourth-order valence-electron chi connectivity index (χ4n) is 3.30. The SMILES string of the molecule is CCn1cc(CC(NN)C(C)(CC)N2CCCC2)cn1. The van der Waals surface area contributed by atoms with Gasteiger partial charge in [-0.05, 0) is 58.2 Å². The molecule has 1 aromatic heterocycles. The predicted molar refractivity (Wildman–Crippen MR) is 82.2 cm³/mol. The molecular weight excluding hydrogens is 250 g/mol. The fourth-order valence-corrected chi connectivity index (χ4v) is 3.30. The van der Waals surface area contributed by atoms with Gasteiger partial charge in [-0.2, -0.15) is 5.10 Å². The number of aromatic nitrogens is 2. The third kappa shape index (κ3) is 3.05. The maximum atomic E-state index is 5.89. The number of nitrogens with two attached hydrogens (primary N) is 1. The summed E-state index contributed by atoms with van der Waals surface area (Å²) in [6.45, 7) is 10.0. The van der Waals surface area contributed by atoms with Gasteiger partial charge in [0.25, 0.3) is 0 Å². The van der Waals surface area contributed by atoms with E-state index in [1.54, 1.807) is 0 Å². The smallest absolute Gasteiger partial charge is 0.0522 e. The summed E-state index contributed by atoms with van der Waals surface area (Å²) in [5, 5.41) is 4.36. The molecule has 0 bridgehead atoms. The van der Waals surface area contributed by atoms with Gasteiger partial charge >= 0.3 is 0 Å². The average molecular weight is 279 g/mol. The number of aryl methyl sites for hydroxylation is 1. The van der Waals surface area contributed by atoms with E-state index in [9.17, 15) is 0 Å². The van der Waals surface area contributed by atoms with Crippen LogP contribution >= 0.6 is 0 Å². The van der Waals surface area contributed by atoms with Crippen molar-refractivity contribution in [1.82, 2.24) is 20.1 Å². The Hall–Kier alpha value is -0.910. The van der Waals surface area contributed by atoms with Gasteiger partial charge in [-0.3, -0.25) is 20.9 Å². The molecule has 20 heavy (non-hydrogen) atoms. The third-order valence-electron chi connectivity index (χ3n) is 4.95. The summed E-state index contributed by atoms with van der Waals surface area (Å²) in [4.78, 5) is 2.60. The van der Waals surface area contributed by atoms with Crippen LogP contribution in [-0.2, 0) is 13.0 Å². The van der Waals surface area contributed by atoms with Crippen LogP contribution in [0.4, 0.5) is 0 Å². The molecule has 0 spiro atoms. The van der Waals surface area contributed by atoms with Crippen LogP contribution in [0, 0.1) is 0 Å². The highest BCUT2D eigenvalue weighted by atomic mass is 15.3. The highest BCUT2D eigenvalue weighted by Gasteiger charge is 2.39. The number of hydrogen-bond acceptors (Lipinski definition) is 4. The van der Waals surface area contributed by atoms with E-state index >= 15 is 0 Å². The largest absolute Gasteiger partial charge is 0.296 e. The van der Waals surface area contributed by atoms with Gasteiger partial charge in [0.2, 0.25) is 0 Å². The normalized spacial score (nSPS) is 21.0. The van der Waals surface area contributed by atoms with Gasteiger partial charge in [-0.25, -0.2) is 0 Å². The molecule has 0 aromatic carbocycles. The third-order valence-corrected chi connectivity index (χ3v) is 4.95. The van der Waals surface area contributed by atoms with E-state index in [0.29, 0.717) is 0 Å².